The van der Waals surface area contributed by atoms with Crippen LogP contribution in [0.1, 0.15) is 57.1 Å². The highest BCUT2D eigenvalue weighted by atomic mass is 79.9. The molecule has 1 aliphatic rings. The Kier molecular flexibility index (Phi) is 7.53. The van der Waals surface area contributed by atoms with Crippen molar-refractivity contribution in [1.82, 2.24) is 5.32 Å². The van der Waals surface area contributed by atoms with E-state index in [9.17, 15) is 0 Å². The van der Waals surface area contributed by atoms with Gasteiger partial charge in [0.15, 0.2) is 0 Å². The summed E-state index contributed by atoms with van der Waals surface area (Å²) >= 11 is 9.03. The predicted octanol–water partition coefficient (Wildman–Crippen LogP) is 5.66. The lowest BCUT2D eigenvalue weighted by Crippen LogP contribution is -2.25. The van der Waals surface area contributed by atoms with Crippen LogP contribution in [-0.4, -0.2) is 19.3 Å². The Bertz CT molecular complexity index is 405. The molecule has 2 unspecified atom stereocenters. The van der Waals surface area contributed by atoms with E-state index in [1.165, 1.54) is 38.8 Å². The second-order valence-corrected chi connectivity index (χ2v) is 9.10. The van der Waals surface area contributed by atoms with Crippen LogP contribution in [-0.2, 0) is 4.74 Å². The normalized spacial score (nSPS) is 21.1. The summed E-state index contributed by atoms with van der Waals surface area (Å²) in [5.74, 6) is 0. The van der Waals surface area contributed by atoms with Crippen molar-refractivity contribution < 1.29 is 4.74 Å². The zero-order valence-corrected chi connectivity index (χ0v) is 15.9. The lowest BCUT2D eigenvalue weighted by atomic mass is 9.98. The highest BCUT2D eigenvalue weighted by molar-refractivity contribution is 9.12. The topological polar surface area (TPSA) is 21.3 Å². The molecule has 1 aromatic heterocycles. The summed E-state index contributed by atoms with van der Waals surface area (Å²) in [6, 6.07) is 2.67. The fourth-order valence-corrected chi connectivity index (χ4v) is 5.64. The van der Waals surface area contributed by atoms with Gasteiger partial charge >= 0.3 is 0 Å². The van der Waals surface area contributed by atoms with E-state index in [1.54, 1.807) is 11.3 Å². The second kappa shape index (κ2) is 8.89. The third kappa shape index (κ3) is 5.09. The smallest absolute Gasteiger partial charge is 0.0758 e. The third-order valence-corrected chi connectivity index (χ3v) is 6.14. The van der Waals surface area contributed by atoms with Crippen molar-refractivity contribution in [1.29, 1.82) is 0 Å². The monoisotopic (exact) mass is 423 g/mol. The van der Waals surface area contributed by atoms with Crippen LogP contribution in [0.5, 0.6) is 0 Å². The minimum Gasteiger partial charge on any atom is -0.378 e. The van der Waals surface area contributed by atoms with Crippen LogP contribution in [0, 0.1) is 0 Å². The molecular weight excluding hydrogens is 402 g/mol. The molecule has 0 aliphatic carbocycles. The van der Waals surface area contributed by atoms with Crippen molar-refractivity contribution in [3.8, 4) is 0 Å². The predicted molar refractivity (Wildman–Crippen MR) is 93.6 cm³/mol. The van der Waals surface area contributed by atoms with Gasteiger partial charge in [-0.15, -0.1) is 11.3 Å². The molecule has 1 aliphatic heterocycles. The quantitative estimate of drug-likeness (QED) is 0.609. The molecule has 1 saturated heterocycles. The molecule has 2 nitrogen and oxygen atoms in total. The minimum absolute atomic E-state index is 0.428. The summed E-state index contributed by atoms with van der Waals surface area (Å²) in [5, 5.41) is 3.68. The molecule has 1 N–H and O–H groups in total. The van der Waals surface area contributed by atoms with Gasteiger partial charge in [0.2, 0.25) is 0 Å². The van der Waals surface area contributed by atoms with Crippen molar-refractivity contribution in [3.63, 3.8) is 0 Å². The van der Waals surface area contributed by atoms with E-state index < -0.39 is 0 Å². The Balaban J connectivity index is 1.94. The van der Waals surface area contributed by atoms with E-state index >= 15 is 0 Å². The lowest BCUT2D eigenvalue weighted by molar-refractivity contribution is 0.00854. The Morgan fingerprint density at radius 3 is 2.90 bits per heavy atom. The summed E-state index contributed by atoms with van der Waals surface area (Å²) in [5.41, 5.74) is 1.38. The van der Waals surface area contributed by atoms with Gasteiger partial charge in [-0.3, -0.25) is 0 Å². The molecule has 0 amide bonds. The maximum Gasteiger partial charge on any atom is 0.0758 e. The Morgan fingerprint density at radius 1 is 1.45 bits per heavy atom. The van der Waals surface area contributed by atoms with Crippen molar-refractivity contribution in [2.75, 3.05) is 13.2 Å². The second-order valence-electron chi connectivity index (χ2n) is 5.35. The average Bonchev–Trinajstić information content (AvgIpc) is 2.79. The number of ether oxygens (including phenoxy) is 1. The average molecular weight is 425 g/mol. The van der Waals surface area contributed by atoms with Crippen LogP contribution >= 0.6 is 43.2 Å². The molecule has 1 aromatic rings. The first-order valence-corrected chi connectivity index (χ1v) is 9.90. The molecule has 2 heterocycles. The standard InChI is InChI=1S/C15H23Br2NOS/c1-2-8-18-13(12-10-14(16)20-15(12)17)7-6-11-5-3-4-9-19-11/h10-11,13,18H,2-9H2,1H3. The molecule has 114 valence electrons. The van der Waals surface area contributed by atoms with Crippen LogP contribution in [0.4, 0.5) is 0 Å². The number of nitrogens with one attached hydrogen (secondary N) is 1. The fraction of sp³-hybridized carbons (Fsp3) is 0.733. The van der Waals surface area contributed by atoms with Crippen molar-refractivity contribution >= 4 is 43.2 Å². The largest absolute Gasteiger partial charge is 0.378 e. The molecule has 0 bridgehead atoms. The first kappa shape index (κ1) is 16.9. The molecule has 20 heavy (non-hydrogen) atoms. The van der Waals surface area contributed by atoms with E-state index in [2.05, 4.69) is 50.2 Å². The van der Waals surface area contributed by atoms with Crippen LogP contribution in [0.2, 0.25) is 0 Å². The lowest BCUT2D eigenvalue weighted by Gasteiger charge is -2.25. The zero-order chi connectivity index (χ0) is 14.4. The minimum atomic E-state index is 0.428. The Hall–Kier alpha value is 0.580. The van der Waals surface area contributed by atoms with Crippen LogP contribution in [0.3, 0.4) is 0 Å². The van der Waals surface area contributed by atoms with E-state index in [0.717, 1.165) is 26.0 Å². The van der Waals surface area contributed by atoms with Crippen LogP contribution < -0.4 is 5.32 Å². The van der Waals surface area contributed by atoms with E-state index in [4.69, 9.17) is 4.74 Å². The van der Waals surface area contributed by atoms with Crippen molar-refractivity contribution in [2.45, 2.75) is 57.6 Å². The molecule has 0 radical (unpaired) electrons. The van der Waals surface area contributed by atoms with Gasteiger partial charge in [0.25, 0.3) is 0 Å². The van der Waals surface area contributed by atoms with Crippen molar-refractivity contribution in [2.24, 2.45) is 0 Å². The van der Waals surface area contributed by atoms with Crippen molar-refractivity contribution in [3.05, 3.63) is 19.2 Å². The summed E-state index contributed by atoms with van der Waals surface area (Å²) in [6.45, 7) is 4.23. The number of hydrogen-bond acceptors (Lipinski definition) is 3. The van der Waals surface area contributed by atoms with Crippen LogP contribution in [0.25, 0.3) is 0 Å². The molecular formula is C15H23Br2NOS. The number of thiophene rings is 1. The highest BCUT2D eigenvalue weighted by Gasteiger charge is 2.20. The van der Waals surface area contributed by atoms with Gasteiger partial charge in [-0.25, -0.2) is 0 Å². The first-order chi connectivity index (χ1) is 9.70. The van der Waals surface area contributed by atoms with Gasteiger partial charge in [0.05, 0.1) is 13.7 Å². The molecule has 2 atom stereocenters. The molecule has 2 rings (SSSR count). The molecule has 5 heteroatoms. The maximum absolute atomic E-state index is 5.86. The highest BCUT2D eigenvalue weighted by Crippen LogP contribution is 2.37. The Labute approximate surface area is 142 Å². The molecule has 0 spiro atoms. The van der Waals surface area contributed by atoms with Gasteiger partial charge < -0.3 is 10.1 Å². The van der Waals surface area contributed by atoms with E-state index in [1.807, 2.05) is 0 Å². The summed E-state index contributed by atoms with van der Waals surface area (Å²) in [4.78, 5) is 0. The van der Waals surface area contributed by atoms with E-state index in [0.29, 0.717) is 12.1 Å². The molecule has 0 saturated carbocycles. The summed E-state index contributed by atoms with van der Waals surface area (Å²) in [7, 11) is 0. The summed E-state index contributed by atoms with van der Waals surface area (Å²) in [6.07, 6.45) is 7.72. The molecule has 0 aromatic carbocycles. The fourth-order valence-electron chi connectivity index (χ4n) is 2.66. The number of halogens is 2. The van der Waals surface area contributed by atoms with Gasteiger partial charge in [-0.05, 0) is 88.6 Å². The summed E-state index contributed by atoms with van der Waals surface area (Å²) < 4.78 is 8.29. The third-order valence-electron chi connectivity index (χ3n) is 3.75. The molecule has 1 fully saturated rings. The van der Waals surface area contributed by atoms with E-state index in [-0.39, 0.29) is 0 Å². The van der Waals surface area contributed by atoms with Gasteiger partial charge in [-0.2, -0.15) is 0 Å². The zero-order valence-electron chi connectivity index (χ0n) is 12.0. The van der Waals surface area contributed by atoms with Crippen LogP contribution in [0.15, 0.2) is 13.6 Å². The maximum atomic E-state index is 5.86. The first-order valence-electron chi connectivity index (χ1n) is 7.50. The number of rotatable bonds is 7. The SMILES string of the molecule is CCCNC(CCC1CCCCO1)c1cc(Br)sc1Br. The van der Waals surface area contributed by atoms with Gasteiger partial charge in [-0.1, -0.05) is 6.92 Å². The Morgan fingerprint density at radius 2 is 2.30 bits per heavy atom. The van der Waals surface area contributed by atoms with Gasteiger partial charge in [0.1, 0.15) is 0 Å². The van der Waals surface area contributed by atoms with Gasteiger partial charge in [0, 0.05) is 12.6 Å². The number of hydrogen-bond donors (Lipinski definition) is 1.